The van der Waals surface area contributed by atoms with Crippen molar-refractivity contribution in [1.29, 1.82) is 0 Å². The van der Waals surface area contributed by atoms with Crippen molar-refractivity contribution < 1.29 is 0 Å². The number of halogens is 1. The summed E-state index contributed by atoms with van der Waals surface area (Å²) < 4.78 is 1.97. The molecule has 1 aromatic rings. The summed E-state index contributed by atoms with van der Waals surface area (Å²) in [5.74, 6) is 0. The van der Waals surface area contributed by atoms with Gasteiger partial charge in [-0.1, -0.05) is 17.7 Å². The Kier molecular flexibility index (Phi) is 4.36. The third kappa shape index (κ3) is 2.83. The molecular weight excluding hydrogens is 210 g/mol. The minimum absolute atomic E-state index is 0.302. The Morgan fingerprint density at radius 2 is 2.27 bits per heavy atom. The van der Waals surface area contributed by atoms with Crippen molar-refractivity contribution in [2.24, 2.45) is 0 Å². The highest BCUT2D eigenvalue weighted by molar-refractivity contribution is 6.31. The maximum atomic E-state index is 6.08. The summed E-state index contributed by atoms with van der Waals surface area (Å²) in [5.41, 5.74) is 1.92. The predicted octanol–water partition coefficient (Wildman–Crippen LogP) is 2.49. The number of rotatable bonds is 5. The SMILES string of the molecule is C=CCNCC(C)n1nc(C)c(Cl)c1C. The number of hydrogen-bond acceptors (Lipinski definition) is 2. The first-order chi connectivity index (χ1) is 7.07. The van der Waals surface area contributed by atoms with Crippen LogP contribution in [0.1, 0.15) is 24.4 Å². The Labute approximate surface area is 96.1 Å². The lowest BCUT2D eigenvalue weighted by atomic mass is 10.3. The average molecular weight is 228 g/mol. The van der Waals surface area contributed by atoms with E-state index in [-0.39, 0.29) is 0 Å². The van der Waals surface area contributed by atoms with Crippen molar-refractivity contribution >= 4 is 11.6 Å². The van der Waals surface area contributed by atoms with Crippen LogP contribution in [0.3, 0.4) is 0 Å². The molecule has 3 nitrogen and oxygen atoms in total. The summed E-state index contributed by atoms with van der Waals surface area (Å²) in [6.45, 7) is 11.4. The largest absolute Gasteiger partial charge is 0.311 e. The number of hydrogen-bond donors (Lipinski definition) is 1. The van der Waals surface area contributed by atoms with Gasteiger partial charge in [-0.05, 0) is 20.8 Å². The first-order valence-electron chi connectivity index (χ1n) is 5.10. The van der Waals surface area contributed by atoms with Gasteiger partial charge in [0.05, 0.1) is 22.5 Å². The summed E-state index contributed by atoms with van der Waals surface area (Å²) in [6, 6.07) is 0.302. The van der Waals surface area contributed by atoms with E-state index in [1.54, 1.807) is 0 Å². The van der Waals surface area contributed by atoms with Gasteiger partial charge >= 0.3 is 0 Å². The summed E-state index contributed by atoms with van der Waals surface area (Å²) in [4.78, 5) is 0. The van der Waals surface area contributed by atoms with E-state index in [9.17, 15) is 0 Å². The minimum Gasteiger partial charge on any atom is -0.311 e. The number of nitrogens with one attached hydrogen (secondary N) is 1. The second-order valence-electron chi connectivity index (χ2n) is 3.73. The van der Waals surface area contributed by atoms with Gasteiger partial charge in [0.25, 0.3) is 0 Å². The second-order valence-corrected chi connectivity index (χ2v) is 4.10. The van der Waals surface area contributed by atoms with Gasteiger partial charge in [-0.2, -0.15) is 5.10 Å². The molecule has 1 unspecified atom stereocenters. The van der Waals surface area contributed by atoms with Crippen LogP contribution in [0.5, 0.6) is 0 Å². The number of aromatic nitrogens is 2. The molecule has 1 heterocycles. The zero-order chi connectivity index (χ0) is 11.4. The third-order valence-corrected chi connectivity index (χ3v) is 2.93. The Bertz CT molecular complexity index is 344. The summed E-state index contributed by atoms with van der Waals surface area (Å²) >= 11 is 6.08. The quantitative estimate of drug-likeness (QED) is 0.619. The highest BCUT2D eigenvalue weighted by Gasteiger charge is 2.13. The smallest absolute Gasteiger partial charge is 0.0844 e. The topological polar surface area (TPSA) is 29.9 Å². The van der Waals surface area contributed by atoms with Crippen molar-refractivity contribution in [3.63, 3.8) is 0 Å². The van der Waals surface area contributed by atoms with E-state index < -0.39 is 0 Å². The summed E-state index contributed by atoms with van der Waals surface area (Å²) in [7, 11) is 0. The Balaban J connectivity index is 2.69. The lowest BCUT2D eigenvalue weighted by Crippen LogP contribution is -2.24. The van der Waals surface area contributed by atoms with Crippen LogP contribution in [-0.2, 0) is 0 Å². The molecule has 0 saturated heterocycles. The van der Waals surface area contributed by atoms with E-state index in [2.05, 4.69) is 23.9 Å². The van der Waals surface area contributed by atoms with Crippen molar-refractivity contribution in [1.82, 2.24) is 15.1 Å². The maximum Gasteiger partial charge on any atom is 0.0844 e. The van der Waals surface area contributed by atoms with Gasteiger partial charge in [-0.3, -0.25) is 4.68 Å². The van der Waals surface area contributed by atoms with Gasteiger partial charge in [0.15, 0.2) is 0 Å². The number of aryl methyl sites for hydroxylation is 1. The zero-order valence-electron chi connectivity index (χ0n) is 9.55. The molecule has 0 aliphatic rings. The molecule has 4 heteroatoms. The van der Waals surface area contributed by atoms with E-state index in [0.29, 0.717) is 6.04 Å². The molecule has 1 aromatic heterocycles. The number of nitrogens with zero attached hydrogens (tertiary/aromatic N) is 2. The van der Waals surface area contributed by atoms with E-state index >= 15 is 0 Å². The fraction of sp³-hybridized carbons (Fsp3) is 0.545. The Morgan fingerprint density at radius 1 is 1.60 bits per heavy atom. The van der Waals surface area contributed by atoms with Crippen molar-refractivity contribution in [2.75, 3.05) is 13.1 Å². The second kappa shape index (κ2) is 5.33. The van der Waals surface area contributed by atoms with Gasteiger partial charge in [0.1, 0.15) is 0 Å². The van der Waals surface area contributed by atoms with Gasteiger partial charge in [0, 0.05) is 13.1 Å². The first kappa shape index (κ1) is 12.3. The van der Waals surface area contributed by atoms with Crippen LogP contribution >= 0.6 is 11.6 Å². The molecule has 0 spiro atoms. The molecule has 0 saturated carbocycles. The van der Waals surface area contributed by atoms with Gasteiger partial charge < -0.3 is 5.32 Å². The van der Waals surface area contributed by atoms with Crippen molar-refractivity contribution in [2.45, 2.75) is 26.8 Å². The molecule has 0 radical (unpaired) electrons. The van der Waals surface area contributed by atoms with Crippen molar-refractivity contribution in [3.05, 3.63) is 29.1 Å². The lowest BCUT2D eigenvalue weighted by Gasteiger charge is -2.14. The maximum absolute atomic E-state index is 6.08. The molecule has 84 valence electrons. The molecule has 1 atom stereocenters. The van der Waals surface area contributed by atoms with Crippen LogP contribution in [0.15, 0.2) is 12.7 Å². The molecule has 0 bridgehead atoms. The predicted molar refractivity (Wildman–Crippen MR) is 64.5 cm³/mol. The molecule has 0 aliphatic heterocycles. The van der Waals surface area contributed by atoms with E-state index in [1.165, 1.54) is 0 Å². The molecule has 0 fully saturated rings. The fourth-order valence-electron chi connectivity index (χ4n) is 1.55. The minimum atomic E-state index is 0.302. The first-order valence-corrected chi connectivity index (χ1v) is 5.48. The zero-order valence-corrected chi connectivity index (χ0v) is 10.3. The third-order valence-electron chi connectivity index (χ3n) is 2.38. The molecule has 1 N–H and O–H groups in total. The van der Waals surface area contributed by atoms with Crippen LogP contribution in [0, 0.1) is 13.8 Å². The molecule has 0 aromatic carbocycles. The van der Waals surface area contributed by atoms with Gasteiger partial charge in [0.2, 0.25) is 0 Å². The molecule has 15 heavy (non-hydrogen) atoms. The van der Waals surface area contributed by atoms with Crippen molar-refractivity contribution in [3.8, 4) is 0 Å². The van der Waals surface area contributed by atoms with Crippen LogP contribution in [0.2, 0.25) is 5.02 Å². The molecule has 0 aliphatic carbocycles. The molecular formula is C11H18ClN3. The van der Waals surface area contributed by atoms with Crippen LogP contribution in [0.4, 0.5) is 0 Å². The Hall–Kier alpha value is -0.800. The van der Waals surface area contributed by atoms with E-state index in [0.717, 1.165) is 29.5 Å². The molecule has 1 rings (SSSR count). The van der Waals surface area contributed by atoms with E-state index in [4.69, 9.17) is 11.6 Å². The van der Waals surface area contributed by atoms with E-state index in [1.807, 2.05) is 24.6 Å². The van der Waals surface area contributed by atoms with Crippen LogP contribution in [-0.4, -0.2) is 22.9 Å². The monoisotopic (exact) mass is 227 g/mol. The average Bonchev–Trinajstić information content (AvgIpc) is 2.46. The highest BCUT2D eigenvalue weighted by atomic mass is 35.5. The molecule has 0 amide bonds. The highest BCUT2D eigenvalue weighted by Crippen LogP contribution is 2.21. The van der Waals surface area contributed by atoms with Crippen LogP contribution in [0.25, 0.3) is 0 Å². The fourth-order valence-corrected chi connectivity index (χ4v) is 1.68. The summed E-state index contributed by atoms with van der Waals surface area (Å²) in [6.07, 6.45) is 1.85. The van der Waals surface area contributed by atoms with Gasteiger partial charge in [-0.25, -0.2) is 0 Å². The Morgan fingerprint density at radius 3 is 2.73 bits per heavy atom. The summed E-state index contributed by atoms with van der Waals surface area (Å²) in [5, 5.41) is 8.44. The van der Waals surface area contributed by atoms with Crippen LogP contribution < -0.4 is 5.32 Å². The standard InChI is InChI=1S/C11H18ClN3/c1-5-6-13-7-8(2)15-10(4)11(12)9(3)14-15/h5,8,13H,1,6-7H2,2-4H3. The normalized spacial score (nSPS) is 12.8. The lowest BCUT2D eigenvalue weighted by molar-refractivity contribution is 0.453. The van der Waals surface area contributed by atoms with Gasteiger partial charge in [-0.15, -0.1) is 6.58 Å².